The lowest BCUT2D eigenvalue weighted by Gasteiger charge is -2.12. The van der Waals surface area contributed by atoms with Gasteiger partial charge in [0.15, 0.2) is 0 Å². The fourth-order valence-electron chi connectivity index (χ4n) is 6.01. The van der Waals surface area contributed by atoms with Crippen LogP contribution in [0.3, 0.4) is 0 Å². The zero-order chi connectivity index (χ0) is 25.1. The molecule has 3 heteroatoms. The van der Waals surface area contributed by atoms with Gasteiger partial charge < -0.3 is 4.57 Å². The maximum absolute atomic E-state index is 5.07. The van der Waals surface area contributed by atoms with Crippen LogP contribution in [-0.2, 0) is 13.5 Å². The van der Waals surface area contributed by atoms with Gasteiger partial charge in [-0.2, -0.15) is 0 Å². The molecule has 0 aliphatic heterocycles. The summed E-state index contributed by atoms with van der Waals surface area (Å²) in [5.74, 6) is 1.56. The van der Waals surface area contributed by atoms with E-state index in [1.807, 2.05) is 0 Å². The molecule has 0 bridgehead atoms. The highest BCUT2D eigenvalue weighted by Gasteiger charge is 2.19. The molecule has 6 rings (SSSR count). The summed E-state index contributed by atoms with van der Waals surface area (Å²) in [5, 5.41) is 2.57. The number of para-hydroxylation sites is 2. The van der Waals surface area contributed by atoms with Gasteiger partial charge in [-0.1, -0.05) is 55.8 Å². The van der Waals surface area contributed by atoms with Gasteiger partial charge in [-0.25, -0.2) is 4.98 Å². The average Bonchev–Trinajstić information content (AvgIpc) is 3.32. The number of fused-ring (bicyclic) bond motifs is 4. The van der Waals surface area contributed by atoms with Gasteiger partial charge in [-0.15, -0.1) is 0 Å². The minimum Gasteiger partial charge on any atom is -0.313 e. The molecule has 3 nitrogen and oxygen atoms in total. The Morgan fingerprint density at radius 2 is 1.42 bits per heavy atom. The van der Waals surface area contributed by atoms with Crippen molar-refractivity contribution in [2.24, 2.45) is 13.0 Å². The Morgan fingerprint density at radius 1 is 0.750 bits per heavy atom. The Morgan fingerprint density at radius 3 is 2.11 bits per heavy atom. The first kappa shape index (κ1) is 22.6. The first-order valence-corrected chi connectivity index (χ1v) is 12.9. The number of nitrogens with zero attached hydrogens (tertiary/aromatic N) is 3. The van der Waals surface area contributed by atoms with Gasteiger partial charge in [-0.3, -0.25) is 4.57 Å². The molecule has 0 N–H and O–H groups in total. The summed E-state index contributed by atoms with van der Waals surface area (Å²) >= 11 is 0. The van der Waals surface area contributed by atoms with Gasteiger partial charge >= 0.3 is 0 Å². The molecule has 0 amide bonds. The summed E-state index contributed by atoms with van der Waals surface area (Å²) in [6.45, 7) is 11.2. The summed E-state index contributed by atoms with van der Waals surface area (Å²) in [5.41, 5.74) is 12.5. The summed E-state index contributed by atoms with van der Waals surface area (Å²) < 4.78 is 4.54. The van der Waals surface area contributed by atoms with Crippen molar-refractivity contribution in [3.05, 3.63) is 95.1 Å². The molecule has 0 radical (unpaired) electrons. The third kappa shape index (κ3) is 3.53. The van der Waals surface area contributed by atoms with Crippen molar-refractivity contribution in [3.8, 4) is 17.1 Å². The molecule has 36 heavy (non-hydrogen) atoms. The molecular weight excluding hydrogens is 438 g/mol. The van der Waals surface area contributed by atoms with Gasteiger partial charge in [0.25, 0.3) is 0 Å². The molecule has 2 heterocycles. The number of aromatic nitrogens is 3. The van der Waals surface area contributed by atoms with Crippen LogP contribution >= 0.6 is 0 Å². The Labute approximate surface area is 213 Å². The topological polar surface area (TPSA) is 22.8 Å². The molecule has 0 aliphatic rings. The van der Waals surface area contributed by atoms with E-state index in [-0.39, 0.29) is 0 Å². The predicted molar refractivity (Wildman–Crippen MR) is 153 cm³/mol. The van der Waals surface area contributed by atoms with Crippen LogP contribution < -0.4 is 0 Å². The van der Waals surface area contributed by atoms with Crippen molar-refractivity contribution in [1.82, 2.24) is 14.1 Å². The van der Waals surface area contributed by atoms with E-state index in [9.17, 15) is 0 Å². The maximum Gasteiger partial charge on any atom is 0.215 e. The van der Waals surface area contributed by atoms with Crippen LogP contribution in [0.25, 0.3) is 49.9 Å². The van der Waals surface area contributed by atoms with E-state index < -0.39 is 0 Å². The van der Waals surface area contributed by atoms with E-state index in [4.69, 9.17) is 4.98 Å². The molecule has 0 saturated carbocycles. The molecule has 180 valence electrons. The van der Waals surface area contributed by atoms with E-state index in [0.29, 0.717) is 5.92 Å². The summed E-state index contributed by atoms with van der Waals surface area (Å²) in [7, 11) is 2.11. The largest absolute Gasteiger partial charge is 0.313 e. The highest BCUT2D eigenvalue weighted by Crippen LogP contribution is 2.37. The highest BCUT2D eigenvalue weighted by molar-refractivity contribution is 6.10. The Balaban J connectivity index is 1.68. The Bertz CT molecular complexity index is 1760. The number of benzene rings is 4. The highest BCUT2D eigenvalue weighted by atomic mass is 15.2. The standard InChI is InChI=1S/C33H33N3/c1-20(2)15-24-11-13-29-26(18-24)27-19-25(32-22(4)16-21(3)17-23(32)5)12-14-30(27)36(29)33-34-28-9-7-8-10-31(28)35(33)6/h7-14,16-20H,15H2,1-6H3. The Hall–Kier alpha value is -3.85. The minimum absolute atomic E-state index is 0.615. The van der Waals surface area contributed by atoms with Crippen LogP contribution in [0.2, 0.25) is 0 Å². The van der Waals surface area contributed by atoms with Crippen LogP contribution in [0.1, 0.15) is 36.1 Å². The number of imidazole rings is 1. The van der Waals surface area contributed by atoms with Gasteiger partial charge in [0.05, 0.1) is 22.1 Å². The SMILES string of the molecule is Cc1cc(C)c(-c2ccc3c(c2)c2cc(CC(C)C)ccc2n3-c2nc3ccccc3n2C)c(C)c1. The lowest BCUT2D eigenvalue weighted by atomic mass is 9.93. The fourth-order valence-corrected chi connectivity index (χ4v) is 6.01. The van der Waals surface area contributed by atoms with Gasteiger partial charge in [0.1, 0.15) is 0 Å². The molecule has 0 aliphatic carbocycles. The second-order valence-electron chi connectivity index (χ2n) is 10.8. The number of aryl methyl sites for hydroxylation is 4. The number of rotatable bonds is 4. The number of hydrogen-bond acceptors (Lipinski definition) is 1. The van der Waals surface area contributed by atoms with E-state index in [1.54, 1.807) is 0 Å². The van der Waals surface area contributed by atoms with Gasteiger partial charge in [0.2, 0.25) is 5.95 Å². The smallest absolute Gasteiger partial charge is 0.215 e. The third-order valence-corrected chi connectivity index (χ3v) is 7.40. The summed E-state index contributed by atoms with van der Waals surface area (Å²) in [4.78, 5) is 5.07. The lowest BCUT2D eigenvalue weighted by Crippen LogP contribution is -2.03. The monoisotopic (exact) mass is 471 g/mol. The molecule has 4 aromatic carbocycles. The predicted octanol–water partition coefficient (Wildman–Crippen LogP) is 8.46. The van der Waals surface area contributed by atoms with E-state index in [2.05, 4.69) is 124 Å². The molecule has 0 atom stereocenters. The Kier molecular flexibility index (Phi) is 5.26. The lowest BCUT2D eigenvalue weighted by molar-refractivity contribution is 0.648. The third-order valence-electron chi connectivity index (χ3n) is 7.40. The van der Waals surface area contributed by atoms with Gasteiger partial charge in [-0.05, 0) is 97.3 Å². The molecule has 0 fully saturated rings. The number of hydrogen-bond donors (Lipinski definition) is 0. The van der Waals surface area contributed by atoms with Gasteiger partial charge in [0, 0.05) is 17.8 Å². The maximum atomic E-state index is 5.07. The van der Waals surface area contributed by atoms with E-state index >= 15 is 0 Å². The van der Waals surface area contributed by atoms with Crippen molar-refractivity contribution in [3.63, 3.8) is 0 Å². The molecule has 2 aromatic heterocycles. The molecular formula is C33H33N3. The van der Waals surface area contributed by atoms with Crippen molar-refractivity contribution in [1.29, 1.82) is 0 Å². The second kappa shape index (κ2) is 8.37. The zero-order valence-electron chi connectivity index (χ0n) is 22.1. The molecule has 6 aromatic rings. The zero-order valence-corrected chi connectivity index (χ0v) is 22.1. The molecule has 0 unspecified atom stereocenters. The summed E-state index contributed by atoms with van der Waals surface area (Å²) in [6, 6.07) is 26.9. The minimum atomic E-state index is 0.615. The van der Waals surface area contributed by atoms with Crippen LogP contribution in [0.15, 0.2) is 72.8 Å². The van der Waals surface area contributed by atoms with Crippen LogP contribution in [0, 0.1) is 26.7 Å². The van der Waals surface area contributed by atoms with Crippen molar-refractivity contribution >= 4 is 32.8 Å². The average molecular weight is 472 g/mol. The van der Waals surface area contributed by atoms with Crippen LogP contribution in [0.5, 0.6) is 0 Å². The quantitative estimate of drug-likeness (QED) is 0.253. The second-order valence-corrected chi connectivity index (χ2v) is 10.8. The van der Waals surface area contributed by atoms with Crippen LogP contribution in [-0.4, -0.2) is 14.1 Å². The van der Waals surface area contributed by atoms with Crippen molar-refractivity contribution in [2.45, 2.75) is 41.0 Å². The first-order valence-electron chi connectivity index (χ1n) is 12.9. The molecule has 0 saturated heterocycles. The van der Waals surface area contributed by atoms with Crippen LogP contribution in [0.4, 0.5) is 0 Å². The first-order chi connectivity index (χ1) is 17.3. The van der Waals surface area contributed by atoms with E-state index in [1.165, 1.54) is 55.2 Å². The molecule has 0 spiro atoms. The van der Waals surface area contributed by atoms with E-state index in [0.717, 1.165) is 23.4 Å². The summed E-state index contributed by atoms with van der Waals surface area (Å²) in [6.07, 6.45) is 1.07. The normalized spacial score (nSPS) is 12.0. The fraction of sp³-hybridized carbons (Fsp3) is 0.242. The van der Waals surface area contributed by atoms with Crippen molar-refractivity contribution in [2.75, 3.05) is 0 Å². The van der Waals surface area contributed by atoms with Crippen molar-refractivity contribution < 1.29 is 0 Å².